The highest BCUT2D eigenvalue weighted by atomic mass is 19.1. The van der Waals surface area contributed by atoms with Crippen LogP contribution in [0.3, 0.4) is 0 Å². The van der Waals surface area contributed by atoms with Gasteiger partial charge >= 0.3 is 5.97 Å². The van der Waals surface area contributed by atoms with Gasteiger partial charge in [-0.15, -0.1) is 0 Å². The average molecular weight is 266 g/mol. The van der Waals surface area contributed by atoms with Gasteiger partial charge in [0.05, 0.1) is 11.3 Å². The molecule has 0 amide bonds. The Morgan fingerprint density at radius 2 is 2.05 bits per heavy atom. The number of carboxylic acids is 1. The molecule has 0 aliphatic carbocycles. The maximum Gasteiger partial charge on any atom is 0.356 e. The van der Waals surface area contributed by atoms with E-state index in [1.54, 1.807) is 13.8 Å². The number of hydrogen-bond donors (Lipinski definition) is 2. The van der Waals surface area contributed by atoms with Crippen molar-refractivity contribution >= 4 is 5.97 Å². The maximum absolute atomic E-state index is 13.6. The van der Waals surface area contributed by atoms with Crippen LogP contribution in [0.5, 0.6) is 0 Å². The number of rotatable bonds is 3. The Hall–Kier alpha value is -2.24. The van der Waals surface area contributed by atoms with Crippen LogP contribution < -0.4 is 0 Å². The number of carbonyl (C=O) groups is 1. The van der Waals surface area contributed by atoms with Gasteiger partial charge in [0.2, 0.25) is 0 Å². The van der Waals surface area contributed by atoms with E-state index in [1.165, 1.54) is 6.07 Å². The summed E-state index contributed by atoms with van der Waals surface area (Å²) in [5.41, 5.74) is 0.302. The Bertz CT molecular complexity index is 636. The van der Waals surface area contributed by atoms with Crippen LogP contribution in [-0.4, -0.2) is 21.0 Å². The molecule has 100 valence electrons. The molecule has 0 saturated heterocycles. The van der Waals surface area contributed by atoms with Crippen LogP contribution in [0, 0.1) is 11.6 Å². The lowest BCUT2D eigenvalue weighted by Gasteiger charge is -2.02. The second-order valence-corrected chi connectivity index (χ2v) is 4.43. The second kappa shape index (κ2) is 4.79. The van der Waals surface area contributed by atoms with Crippen LogP contribution in [0.1, 0.15) is 35.9 Å². The molecule has 0 bridgehead atoms. The van der Waals surface area contributed by atoms with Crippen LogP contribution in [-0.2, 0) is 0 Å². The molecule has 0 unspecified atom stereocenters. The minimum absolute atomic E-state index is 0.0378. The number of aromatic carboxylic acids is 1. The Kier molecular flexibility index (Phi) is 3.33. The summed E-state index contributed by atoms with van der Waals surface area (Å²) in [6.07, 6.45) is 0. The first-order valence-electron chi connectivity index (χ1n) is 5.68. The number of imidazole rings is 1. The SMILES string of the molecule is CC(C)c1[nH]c(-c2ccc(F)cc2F)nc1C(=O)O. The van der Waals surface area contributed by atoms with Crippen LogP contribution in [0.4, 0.5) is 8.78 Å². The number of benzene rings is 1. The van der Waals surface area contributed by atoms with E-state index in [9.17, 15) is 13.6 Å². The summed E-state index contributed by atoms with van der Waals surface area (Å²) >= 11 is 0. The summed E-state index contributed by atoms with van der Waals surface area (Å²) in [7, 11) is 0. The normalized spacial score (nSPS) is 11.0. The predicted octanol–water partition coefficient (Wildman–Crippen LogP) is 3.18. The minimum Gasteiger partial charge on any atom is -0.476 e. The number of carboxylic acid groups (broad SMARTS) is 1. The number of nitrogens with one attached hydrogen (secondary N) is 1. The fourth-order valence-corrected chi connectivity index (χ4v) is 1.78. The maximum atomic E-state index is 13.6. The van der Waals surface area contributed by atoms with E-state index in [0.717, 1.165) is 12.1 Å². The average Bonchev–Trinajstić information content (AvgIpc) is 2.73. The first-order valence-corrected chi connectivity index (χ1v) is 5.68. The summed E-state index contributed by atoms with van der Waals surface area (Å²) in [6, 6.07) is 3.04. The fraction of sp³-hybridized carbons (Fsp3) is 0.231. The summed E-state index contributed by atoms with van der Waals surface area (Å²) in [4.78, 5) is 17.7. The van der Waals surface area contributed by atoms with Gasteiger partial charge in [-0.1, -0.05) is 13.8 Å². The molecule has 0 saturated carbocycles. The number of nitrogens with zero attached hydrogens (tertiary/aromatic N) is 1. The van der Waals surface area contributed by atoms with Gasteiger partial charge in [0.25, 0.3) is 0 Å². The third-order valence-electron chi connectivity index (χ3n) is 2.70. The molecule has 0 atom stereocenters. The van der Waals surface area contributed by atoms with Crippen LogP contribution in [0.2, 0.25) is 0 Å². The lowest BCUT2D eigenvalue weighted by Crippen LogP contribution is -2.02. The Labute approximate surface area is 108 Å². The van der Waals surface area contributed by atoms with Crippen molar-refractivity contribution in [2.45, 2.75) is 19.8 Å². The summed E-state index contributed by atoms with van der Waals surface area (Å²) in [5, 5.41) is 9.05. The fourth-order valence-electron chi connectivity index (χ4n) is 1.78. The monoisotopic (exact) mass is 266 g/mol. The van der Waals surface area contributed by atoms with Gasteiger partial charge in [-0.3, -0.25) is 0 Å². The van der Waals surface area contributed by atoms with E-state index < -0.39 is 17.6 Å². The molecule has 2 N–H and O–H groups in total. The molecule has 1 aromatic carbocycles. The standard InChI is InChI=1S/C13H12F2N2O2/c1-6(2)10-11(13(18)19)17-12(16-10)8-4-3-7(14)5-9(8)15/h3-6H,1-2H3,(H,16,17)(H,18,19). The molecule has 2 aromatic rings. The highest BCUT2D eigenvalue weighted by Gasteiger charge is 2.21. The molecule has 0 radical (unpaired) electrons. The lowest BCUT2D eigenvalue weighted by atomic mass is 10.1. The van der Waals surface area contributed by atoms with E-state index in [-0.39, 0.29) is 23.0 Å². The number of aromatic nitrogens is 2. The Balaban J connectivity index is 2.57. The van der Waals surface area contributed by atoms with E-state index in [1.807, 2.05) is 0 Å². The largest absolute Gasteiger partial charge is 0.476 e. The highest BCUT2D eigenvalue weighted by molar-refractivity contribution is 5.88. The smallest absolute Gasteiger partial charge is 0.356 e. The number of aromatic amines is 1. The first kappa shape index (κ1) is 13.2. The zero-order valence-corrected chi connectivity index (χ0v) is 10.4. The van der Waals surface area contributed by atoms with Crippen molar-refractivity contribution in [3.05, 3.63) is 41.2 Å². The van der Waals surface area contributed by atoms with E-state index >= 15 is 0 Å². The number of H-pyrrole nitrogens is 1. The molecule has 0 aliphatic heterocycles. The topological polar surface area (TPSA) is 66.0 Å². The second-order valence-electron chi connectivity index (χ2n) is 4.43. The molecule has 0 aliphatic rings. The van der Waals surface area contributed by atoms with Gasteiger partial charge in [0, 0.05) is 6.07 Å². The lowest BCUT2D eigenvalue weighted by molar-refractivity contribution is 0.0689. The van der Waals surface area contributed by atoms with Gasteiger partial charge in [-0.25, -0.2) is 18.6 Å². The van der Waals surface area contributed by atoms with Gasteiger partial charge in [-0.2, -0.15) is 0 Å². The third-order valence-corrected chi connectivity index (χ3v) is 2.70. The van der Waals surface area contributed by atoms with Crippen LogP contribution >= 0.6 is 0 Å². The molecular formula is C13H12F2N2O2. The zero-order chi connectivity index (χ0) is 14.2. The van der Waals surface area contributed by atoms with Crippen molar-refractivity contribution in [3.8, 4) is 11.4 Å². The van der Waals surface area contributed by atoms with E-state index in [0.29, 0.717) is 5.69 Å². The van der Waals surface area contributed by atoms with Crippen molar-refractivity contribution in [1.29, 1.82) is 0 Å². The number of halogens is 2. The van der Waals surface area contributed by atoms with Gasteiger partial charge in [0.1, 0.15) is 17.5 Å². The zero-order valence-electron chi connectivity index (χ0n) is 10.4. The highest BCUT2D eigenvalue weighted by Crippen LogP contribution is 2.25. The van der Waals surface area contributed by atoms with E-state index in [4.69, 9.17) is 5.11 Å². The van der Waals surface area contributed by atoms with Gasteiger partial charge in [-0.05, 0) is 18.1 Å². The molecule has 4 nitrogen and oxygen atoms in total. The molecular weight excluding hydrogens is 254 g/mol. The summed E-state index contributed by atoms with van der Waals surface area (Å²) in [5.74, 6) is -2.69. The molecule has 6 heteroatoms. The van der Waals surface area contributed by atoms with Gasteiger partial charge < -0.3 is 10.1 Å². The summed E-state index contributed by atoms with van der Waals surface area (Å²) in [6.45, 7) is 3.59. The summed E-state index contributed by atoms with van der Waals surface area (Å²) < 4.78 is 26.5. The third kappa shape index (κ3) is 2.47. The number of hydrogen-bond acceptors (Lipinski definition) is 2. The molecule has 1 aromatic heterocycles. The van der Waals surface area contributed by atoms with Crippen molar-refractivity contribution in [1.82, 2.24) is 9.97 Å². The van der Waals surface area contributed by atoms with Crippen molar-refractivity contribution in [2.75, 3.05) is 0 Å². The Morgan fingerprint density at radius 3 is 2.53 bits per heavy atom. The van der Waals surface area contributed by atoms with Crippen molar-refractivity contribution in [3.63, 3.8) is 0 Å². The van der Waals surface area contributed by atoms with Crippen LogP contribution in [0.25, 0.3) is 11.4 Å². The first-order chi connectivity index (χ1) is 8.90. The minimum atomic E-state index is -1.19. The molecule has 0 spiro atoms. The predicted molar refractivity (Wildman–Crippen MR) is 65.0 cm³/mol. The molecule has 1 heterocycles. The molecule has 0 fully saturated rings. The van der Waals surface area contributed by atoms with Crippen molar-refractivity contribution in [2.24, 2.45) is 0 Å². The Morgan fingerprint density at radius 1 is 1.37 bits per heavy atom. The van der Waals surface area contributed by atoms with Crippen molar-refractivity contribution < 1.29 is 18.7 Å². The quantitative estimate of drug-likeness (QED) is 0.896. The molecule has 19 heavy (non-hydrogen) atoms. The van der Waals surface area contributed by atoms with E-state index in [2.05, 4.69) is 9.97 Å². The van der Waals surface area contributed by atoms with Crippen LogP contribution in [0.15, 0.2) is 18.2 Å². The van der Waals surface area contributed by atoms with Gasteiger partial charge in [0.15, 0.2) is 5.69 Å². The molecule has 2 rings (SSSR count).